The van der Waals surface area contributed by atoms with E-state index < -0.39 is 53.0 Å². The average Bonchev–Trinajstić information content (AvgIpc) is 2.88. The van der Waals surface area contributed by atoms with Gasteiger partial charge in [0.15, 0.2) is 12.4 Å². The number of hydrogen-bond acceptors (Lipinski definition) is 6. The first-order valence-corrected chi connectivity index (χ1v) is 11.0. The van der Waals surface area contributed by atoms with Gasteiger partial charge in [-0.2, -0.15) is 0 Å². The lowest BCUT2D eigenvalue weighted by Crippen LogP contribution is -2.63. The molecule has 0 amide bonds. The molecule has 4 unspecified atom stereocenters. The van der Waals surface area contributed by atoms with Gasteiger partial charge in [-0.1, -0.05) is 26.8 Å². The molecule has 2 N–H and O–H groups in total. The van der Waals surface area contributed by atoms with Gasteiger partial charge in [0.25, 0.3) is 0 Å². The number of halogens is 1. The highest BCUT2D eigenvalue weighted by molar-refractivity contribution is 6.01. The van der Waals surface area contributed by atoms with E-state index in [1.807, 2.05) is 6.92 Å². The summed E-state index contributed by atoms with van der Waals surface area (Å²) < 4.78 is 20.2. The van der Waals surface area contributed by atoms with E-state index in [1.165, 1.54) is 19.1 Å². The first-order chi connectivity index (χ1) is 14.4. The van der Waals surface area contributed by atoms with Crippen LogP contribution >= 0.6 is 0 Å². The minimum atomic E-state index is -1.78. The lowest BCUT2D eigenvalue weighted by Gasteiger charge is -2.60. The highest BCUT2D eigenvalue weighted by atomic mass is 19.1. The molecule has 0 spiro atoms. The number of aliphatic hydroxyl groups is 2. The number of carbonyl (C=O) groups excluding carboxylic acids is 3. The quantitative estimate of drug-likeness (QED) is 0.661. The standard InChI is InChI=1S/C24H31FO6/c1-12-7-16-15-9-18(25)17-8-14(27)5-6-22(17,3)21(15)19(28)10-23(16,4)24(12,30)20(29)11-31-13(2)26/h5-6,8,12,15-16,18-19,21,28,30H,7,9-11H2,1-4H3/t12-,15?,16?,18+,19?,21?,22+,23+,24+/m1/s1. The van der Waals surface area contributed by atoms with Crippen LogP contribution in [-0.4, -0.2) is 52.2 Å². The van der Waals surface area contributed by atoms with Gasteiger partial charge in [-0.25, -0.2) is 4.39 Å². The summed E-state index contributed by atoms with van der Waals surface area (Å²) in [5.74, 6) is -2.62. The van der Waals surface area contributed by atoms with Crippen LogP contribution in [0.15, 0.2) is 23.8 Å². The maximum atomic E-state index is 15.4. The fraction of sp³-hybridized carbons (Fsp3) is 0.708. The summed E-state index contributed by atoms with van der Waals surface area (Å²) in [7, 11) is 0. The number of allylic oxidation sites excluding steroid dienone is 4. The summed E-state index contributed by atoms with van der Waals surface area (Å²) in [5.41, 5.74) is -3.13. The molecule has 3 fully saturated rings. The normalized spacial score (nSPS) is 48.4. The van der Waals surface area contributed by atoms with E-state index in [0.29, 0.717) is 12.0 Å². The number of fused-ring (bicyclic) bond motifs is 5. The molecule has 4 aliphatic rings. The Hall–Kier alpha value is -1.86. The summed E-state index contributed by atoms with van der Waals surface area (Å²) in [4.78, 5) is 36.2. The van der Waals surface area contributed by atoms with Crippen LogP contribution in [0, 0.1) is 34.5 Å². The van der Waals surface area contributed by atoms with Crippen molar-refractivity contribution in [1.29, 1.82) is 0 Å². The van der Waals surface area contributed by atoms with Gasteiger partial charge >= 0.3 is 5.97 Å². The summed E-state index contributed by atoms with van der Waals surface area (Å²) >= 11 is 0. The smallest absolute Gasteiger partial charge is 0.303 e. The van der Waals surface area contributed by atoms with E-state index in [4.69, 9.17) is 4.74 Å². The molecule has 0 aromatic carbocycles. The molecule has 170 valence electrons. The number of Topliss-reactive ketones (excluding diaryl/α,β-unsaturated/α-hetero) is 1. The largest absolute Gasteiger partial charge is 0.458 e. The Balaban J connectivity index is 1.74. The molecule has 9 atom stereocenters. The van der Waals surface area contributed by atoms with Gasteiger partial charge in [0.2, 0.25) is 5.78 Å². The molecule has 3 saturated carbocycles. The Bertz CT molecular complexity index is 895. The molecule has 0 bridgehead atoms. The van der Waals surface area contributed by atoms with E-state index in [9.17, 15) is 24.6 Å². The third kappa shape index (κ3) is 2.92. The minimum Gasteiger partial charge on any atom is -0.458 e. The third-order valence-electron chi connectivity index (χ3n) is 8.89. The van der Waals surface area contributed by atoms with Crippen molar-refractivity contribution < 1.29 is 33.7 Å². The zero-order chi connectivity index (χ0) is 22.9. The zero-order valence-corrected chi connectivity index (χ0v) is 18.4. The third-order valence-corrected chi connectivity index (χ3v) is 8.89. The van der Waals surface area contributed by atoms with Crippen LogP contribution < -0.4 is 0 Å². The van der Waals surface area contributed by atoms with Crippen LogP contribution in [0.25, 0.3) is 0 Å². The molecule has 6 nitrogen and oxygen atoms in total. The van der Waals surface area contributed by atoms with Crippen molar-refractivity contribution in [3.8, 4) is 0 Å². The van der Waals surface area contributed by atoms with E-state index in [0.717, 1.165) is 0 Å². The van der Waals surface area contributed by atoms with E-state index in [2.05, 4.69) is 0 Å². The Morgan fingerprint density at radius 1 is 1.29 bits per heavy atom. The van der Waals surface area contributed by atoms with Gasteiger partial charge in [0, 0.05) is 23.7 Å². The van der Waals surface area contributed by atoms with Crippen molar-refractivity contribution in [2.45, 2.75) is 64.8 Å². The number of esters is 1. The van der Waals surface area contributed by atoms with Crippen molar-refractivity contribution in [3.05, 3.63) is 23.8 Å². The zero-order valence-electron chi connectivity index (χ0n) is 18.4. The topological polar surface area (TPSA) is 101 Å². The molecular formula is C24H31FO6. The first kappa shape index (κ1) is 22.3. The number of hydrogen-bond donors (Lipinski definition) is 2. The number of ether oxygens (including phenoxy) is 1. The van der Waals surface area contributed by atoms with Crippen LogP contribution in [0.4, 0.5) is 4.39 Å². The fourth-order valence-corrected chi connectivity index (χ4v) is 7.54. The van der Waals surface area contributed by atoms with Crippen molar-refractivity contribution in [2.75, 3.05) is 6.61 Å². The summed E-state index contributed by atoms with van der Waals surface area (Å²) in [6.07, 6.45) is 3.14. The van der Waals surface area contributed by atoms with Crippen molar-refractivity contribution >= 4 is 17.5 Å². The second-order valence-corrected chi connectivity index (χ2v) is 10.4. The molecule has 0 aromatic rings. The molecule has 0 heterocycles. The number of alkyl halides is 1. The first-order valence-electron chi connectivity index (χ1n) is 11.0. The summed E-state index contributed by atoms with van der Waals surface area (Å²) in [6.45, 7) is 6.13. The van der Waals surface area contributed by atoms with Crippen LogP contribution in [0.3, 0.4) is 0 Å². The van der Waals surface area contributed by atoms with E-state index in [1.54, 1.807) is 19.9 Å². The monoisotopic (exact) mass is 434 g/mol. The fourth-order valence-electron chi connectivity index (χ4n) is 7.54. The van der Waals surface area contributed by atoms with E-state index >= 15 is 4.39 Å². The highest BCUT2D eigenvalue weighted by Gasteiger charge is 2.71. The van der Waals surface area contributed by atoms with Gasteiger partial charge in [-0.15, -0.1) is 0 Å². The number of carbonyl (C=O) groups is 3. The number of aliphatic hydroxyl groups excluding tert-OH is 1. The van der Waals surface area contributed by atoms with Gasteiger partial charge in [0.05, 0.1) is 6.10 Å². The Morgan fingerprint density at radius 3 is 2.61 bits per heavy atom. The molecular weight excluding hydrogens is 403 g/mol. The second-order valence-electron chi connectivity index (χ2n) is 10.4. The SMILES string of the molecule is CC(=O)OCC(=O)[C@@]1(O)[C@H](C)CC2C3C[C@H](F)C4=CC(=O)C=C[C@]4(C)C3C(O)C[C@@]21C. The van der Waals surface area contributed by atoms with Crippen molar-refractivity contribution in [3.63, 3.8) is 0 Å². The van der Waals surface area contributed by atoms with Crippen LogP contribution in [-0.2, 0) is 19.1 Å². The van der Waals surface area contributed by atoms with Gasteiger partial charge in [0.1, 0.15) is 11.8 Å². The highest BCUT2D eigenvalue weighted by Crippen LogP contribution is 2.68. The van der Waals surface area contributed by atoms with Crippen molar-refractivity contribution in [1.82, 2.24) is 0 Å². The average molecular weight is 435 g/mol. The Kier molecular flexibility index (Phi) is 5.10. The molecule has 4 rings (SSSR count). The number of ketones is 2. The van der Waals surface area contributed by atoms with Crippen LogP contribution in [0.1, 0.15) is 47.0 Å². The van der Waals surface area contributed by atoms with Crippen LogP contribution in [0.2, 0.25) is 0 Å². The van der Waals surface area contributed by atoms with Gasteiger partial charge in [-0.3, -0.25) is 14.4 Å². The van der Waals surface area contributed by atoms with E-state index in [-0.39, 0.29) is 36.4 Å². The molecule has 31 heavy (non-hydrogen) atoms. The lowest BCUT2D eigenvalue weighted by atomic mass is 9.46. The molecule has 0 aromatic heterocycles. The molecule has 0 radical (unpaired) electrons. The molecule has 0 aliphatic heterocycles. The minimum absolute atomic E-state index is 0.144. The number of rotatable bonds is 3. The maximum absolute atomic E-state index is 15.4. The summed E-state index contributed by atoms with van der Waals surface area (Å²) in [6, 6.07) is 0. The molecule has 7 heteroatoms. The molecule has 4 aliphatic carbocycles. The summed E-state index contributed by atoms with van der Waals surface area (Å²) in [5, 5.41) is 23.0. The van der Waals surface area contributed by atoms with Gasteiger partial charge in [-0.05, 0) is 54.7 Å². The predicted octanol–water partition coefficient (Wildman–Crippen LogP) is 2.32. The van der Waals surface area contributed by atoms with Crippen molar-refractivity contribution in [2.24, 2.45) is 34.5 Å². The Labute approximate surface area is 181 Å². The second kappa shape index (κ2) is 7.07. The lowest BCUT2D eigenvalue weighted by molar-refractivity contribution is -0.187. The van der Waals surface area contributed by atoms with Gasteiger partial charge < -0.3 is 14.9 Å². The molecule has 0 saturated heterocycles. The maximum Gasteiger partial charge on any atom is 0.303 e. The Morgan fingerprint density at radius 2 is 1.97 bits per heavy atom. The predicted molar refractivity (Wildman–Crippen MR) is 109 cm³/mol. The van der Waals surface area contributed by atoms with Crippen LogP contribution in [0.5, 0.6) is 0 Å².